The zero-order valence-corrected chi connectivity index (χ0v) is 9.26. The molecule has 3 nitrogen and oxygen atoms in total. The van der Waals surface area contributed by atoms with E-state index in [1.165, 1.54) is 7.11 Å². The van der Waals surface area contributed by atoms with Crippen LogP contribution in [0.15, 0.2) is 0 Å². The second-order valence-corrected chi connectivity index (χ2v) is 4.45. The molecule has 3 heteroatoms. The maximum absolute atomic E-state index is 11.4. The molecule has 1 unspecified atom stereocenters. The summed E-state index contributed by atoms with van der Waals surface area (Å²) in [5.41, 5.74) is 5.34. The van der Waals surface area contributed by atoms with Crippen molar-refractivity contribution in [1.29, 1.82) is 0 Å². The highest BCUT2D eigenvalue weighted by Crippen LogP contribution is 2.25. The number of hydrogen-bond acceptors (Lipinski definition) is 3. The molecule has 0 heterocycles. The van der Waals surface area contributed by atoms with Crippen LogP contribution in [-0.4, -0.2) is 19.1 Å². The summed E-state index contributed by atoms with van der Waals surface area (Å²) >= 11 is 0. The smallest absolute Gasteiger partial charge is 0.312 e. The van der Waals surface area contributed by atoms with Gasteiger partial charge in [-0.05, 0) is 26.2 Å². The Morgan fingerprint density at radius 2 is 1.92 bits per heavy atom. The van der Waals surface area contributed by atoms with Crippen molar-refractivity contribution in [3.63, 3.8) is 0 Å². The molecule has 0 aliphatic heterocycles. The lowest BCUT2D eigenvalue weighted by atomic mass is 9.81. The molecular weight excluding hydrogens is 166 g/mol. The molecule has 0 aromatic rings. The zero-order valence-electron chi connectivity index (χ0n) is 9.26. The molecule has 0 amide bonds. The van der Waals surface area contributed by atoms with Gasteiger partial charge in [-0.25, -0.2) is 0 Å². The first-order chi connectivity index (χ1) is 5.82. The molecule has 78 valence electrons. The first-order valence-corrected chi connectivity index (χ1v) is 4.66. The van der Waals surface area contributed by atoms with E-state index < -0.39 is 5.41 Å². The lowest BCUT2D eigenvalue weighted by molar-refractivity contribution is -0.152. The summed E-state index contributed by atoms with van der Waals surface area (Å²) in [5, 5.41) is 0. The standard InChI is InChI=1S/C10H21NO2/c1-7(2)6-8(11)10(3,4)9(12)13-5/h7-8H,6,11H2,1-5H3. The number of carbonyl (C=O) groups excluding carboxylic acids is 1. The molecule has 0 aromatic heterocycles. The molecule has 0 spiro atoms. The fourth-order valence-corrected chi connectivity index (χ4v) is 1.22. The Morgan fingerprint density at radius 3 is 2.23 bits per heavy atom. The first-order valence-electron chi connectivity index (χ1n) is 4.66. The quantitative estimate of drug-likeness (QED) is 0.679. The van der Waals surface area contributed by atoms with E-state index in [1.54, 1.807) is 0 Å². The highest BCUT2D eigenvalue weighted by atomic mass is 16.5. The van der Waals surface area contributed by atoms with Crippen LogP contribution in [0.1, 0.15) is 34.1 Å². The Kier molecular flexibility index (Phi) is 4.40. The van der Waals surface area contributed by atoms with Crippen molar-refractivity contribution in [2.45, 2.75) is 40.2 Å². The summed E-state index contributed by atoms with van der Waals surface area (Å²) < 4.78 is 4.70. The fraction of sp³-hybridized carbons (Fsp3) is 0.900. The zero-order chi connectivity index (χ0) is 10.6. The molecule has 0 saturated carbocycles. The molecule has 0 fully saturated rings. The van der Waals surface area contributed by atoms with Gasteiger partial charge in [-0.1, -0.05) is 13.8 Å². The molecule has 13 heavy (non-hydrogen) atoms. The Morgan fingerprint density at radius 1 is 1.46 bits per heavy atom. The molecule has 0 bridgehead atoms. The fourth-order valence-electron chi connectivity index (χ4n) is 1.22. The van der Waals surface area contributed by atoms with E-state index in [-0.39, 0.29) is 12.0 Å². The third-order valence-corrected chi connectivity index (χ3v) is 2.36. The predicted molar refractivity (Wildman–Crippen MR) is 53.2 cm³/mol. The van der Waals surface area contributed by atoms with Crippen molar-refractivity contribution in [3.8, 4) is 0 Å². The van der Waals surface area contributed by atoms with E-state index in [0.29, 0.717) is 5.92 Å². The Bertz CT molecular complexity index is 176. The highest BCUT2D eigenvalue weighted by molar-refractivity contribution is 5.76. The van der Waals surface area contributed by atoms with Crippen LogP contribution in [0.4, 0.5) is 0 Å². The number of ether oxygens (including phenoxy) is 1. The van der Waals surface area contributed by atoms with Crippen LogP contribution < -0.4 is 5.73 Å². The third kappa shape index (κ3) is 3.35. The summed E-state index contributed by atoms with van der Waals surface area (Å²) in [4.78, 5) is 11.4. The normalized spacial score (nSPS) is 14.4. The summed E-state index contributed by atoms with van der Waals surface area (Å²) in [6, 6.07) is -0.139. The van der Waals surface area contributed by atoms with Crippen LogP contribution in [0.25, 0.3) is 0 Å². The SMILES string of the molecule is COC(=O)C(C)(C)C(N)CC(C)C. The van der Waals surface area contributed by atoms with Gasteiger partial charge < -0.3 is 10.5 Å². The average molecular weight is 187 g/mol. The van der Waals surface area contributed by atoms with Gasteiger partial charge in [0.2, 0.25) is 0 Å². The number of rotatable bonds is 4. The van der Waals surface area contributed by atoms with E-state index in [9.17, 15) is 4.79 Å². The van der Waals surface area contributed by atoms with Gasteiger partial charge in [0, 0.05) is 6.04 Å². The van der Waals surface area contributed by atoms with E-state index >= 15 is 0 Å². The van der Waals surface area contributed by atoms with Crippen LogP contribution in [0, 0.1) is 11.3 Å². The van der Waals surface area contributed by atoms with Gasteiger partial charge in [0.1, 0.15) is 0 Å². The van der Waals surface area contributed by atoms with Crippen molar-refractivity contribution < 1.29 is 9.53 Å². The Balaban J connectivity index is 4.35. The molecule has 0 rings (SSSR count). The van der Waals surface area contributed by atoms with Gasteiger partial charge in [-0.2, -0.15) is 0 Å². The number of methoxy groups -OCH3 is 1. The monoisotopic (exact) mass is 187 g/mol. The predicted octanol–water partition coefficient (Wildman–Crippen LogP) is 1.56. The first kappa shape index (κ1) is 12.4. The van der Waals surface area contributed by atoms with Gasteiger partial charge in [0.25, 0.3) is 0 Å². The maximum Gasteiger partial charge on any atom is 0.312 e. The van der Waals surface area contributed by atoms with Gasteiger partial charge in [0.05, 0.1) is 12.5 Å². The molecule has 0 aromatic carbocycles. The second-order valence-electron chi connectivity index (χ2n) is 4.45. The highest BCUT2D eigenvalue weighted by Gasteiger charge is 2.35. The van der Waals surface area contributed by atoms with E-state index in [4.69, 9.17) is 10.5 Å². The Labute approximate surface area is 80.6 Å². The molecule has 0 saturated heterocycles. The molecule has 1 atom stereocenters. The minimum absolute atomic E-state index is 0.139. The number of nitrogens with two attached hydrogens (primary N) is 1. The summed E-state index contributed by atoms with van der Waals surface area (Å²) in [6.07, 6.45) is 0.835. The Hall–Kier alpha value is -0.570. The van der Waals surface area contributed by atoms with Crippen LogP contribution in [0.2, 0.25) is 0 Å². The van der Waals surface area contributed by atoms with Crippen LogP contribution in [0.3, 0.4) is 0 Å². The second kappa shape index (κ2) is 4.61. The molecular formula is C10H21NO2. The average Bonchev–Trinajstić information content (AvgIpc) is 2.01. The summed E-state index contributed by atoms with van der Waals surface area (Å²) in [5.74, 6) is 0.264. The molecule has 0 aliphatic rings. The van der Waals surface area contributed by atoms with Crippen LogP contribution in [0.5, 0.6) is 0 Å². The van der Waals surface area contributed by atoms with Crippen molar-refractivity contribution in [2.75, 3.05) is 7.11 Å². The number of carbonyl (C=O) groups is 1. The van der Waals surface area contributed by atoms with Gasteiger partial charge in [-0.15, -0.1) is 0 Å². The summed E-state index contributed by atoms with van der Waals surface area (Å²) in [7, 11) is 1.40. The lowest BCUT2D eigenvalue weighted by Crippen LogP contribution is -2.44. The van der Waals surface area contributed by atoms with Crippen molar-refractivity contribution in [1.82, 2.24) is 0 Å². The molecule has 0 radical (unpaired) electrons. The topological polar surface area (TPSA) is 52.3 Å². The number of hydrogen-bond donors (Lipinski definition) is 1. The van der Waals surface area contributed by atoms with Crippen LogP contribution in [-0.2, 0) is 9.53 Å². The minimum Gasteiger partial charge on any atom is -0.469 e. The van der Waals surface area contributed by atoms with Crippen molar-refractivity contribution in [3.05, 3.63) is 0 Å². The van der Waals surface area contributed by atoms with Gasteiger partial charge in [0.15, 0.2) is 0 Å². The van der Waals surface area contributed by atoms with E-state index in [1.807, 2.05) is 13.8 Å². The van der Waals surface area contributed by atoms with Crippen LogP contribution >= 0.6 is 0 Å². The largest absolute Gasteiger partial charge is 0.469 e. The third-order valence-electron chi connectivity index (χ3n) is 2.36. The minimum atomic E-state index is -0.584. The van der Waals surface area contributed by atoms with Crippen molar-refractivity contribution >= 4 is 5.97 Å². The molecule has 2 N–H and O–H groups in total. The van der Waals surface area contributed by atoms with E-state index in [0.717, 1.165) is 6.42 Å². The summed E-state index contributed by atoms with van der Waals surface area (Å²) in [6.45, 7) is 7.83. The van der Waals surface area contributed by atoms with Gasteiger partial charge in [-0.3, -0.25) is 4.79 Å². The molecule has 0 aliphatic carbocycles. The van der Waals surface area contributed by atoms with Gasteiger partial charge >= 0.3 is 5.97 Å². The number of esters is 1. The maximum atomic E-state index is 11.4. The van der Waals surface area contributed by atoms with E-state index in [2.05, 4.69) is 13.8 Å². The lowest BCUT2D eigenvalue weighted by Gasteiger charge is -2.29. The van der Waals surface area contributed by atoms with Crippen molar-refractivity contribution in [2.24, 2.45) is 17.1 Å².